The van der Waals surface area contributed by atoms with E-state index in [9.17, 15) is 4.79 Å². The van der Waals surface area contributed by atoms with Crippen LogP contribution in [0.2, 0.25) is 0 Å². The Morgan fingerprint density at radius 2 is 1.88 bits per heavy atom. The van der Waals surface area contributed by atoms with Gasteiger partial charge in [-0.25, -0.2) is 0 Å². The van der Waals surface area contributed by atoms with Crippen molar-refractivity contribution in [2.24, 2.45) is 0 Å². The molecule has 2 atom stereocenters. The second-order valence-electron chi connectivity index (χ2n) is 6.39. The number of hydrogen-bond acceptors (Lipinski definition) is 5. The fourth-order valence-electron chi connectivity index (χ4n) is 3.25. The third-order valence-electron chi connectivity index (χ3n) is 4.50. The molecule has 5 nitrogen and oxygen atoms in total. The van der Waals surface area contributed by atoms with Crippen LogP contribution < -0.4 is 4.90 Å². The van der Waals surface area contributed by atoms with Crippen LogP contribution in [0.1, 0.15) is 19.4 Å². The van der Waals surface area contributed by atoms with Crippen LogP contribution in [-0.2, 0) is 11.2 Å². The molecule has 0 saturated carbocycles. The number of carbonyl (C=O) groups excluding carboxylic acids is 1. The Bertz CT molecular complexity index is 926. The van der Waals surface area contributed by atoms with Gasteiger partial charge in [-0.1, -0.05) is 48.2 Å². The molecule has 6 heteroatoms. The number of carbonyl (C=O) groups is 1. The summed E-state index contributed by atoms with van der Waals surface area (Å²) in [6.07, 6.45) is 0.887. The maximum absolute atomic E-state index is 13.0. The highest BCUT2D eigenvalue weighted by atomic mass is 32.2. The lowest BCUT2D eigenvalue weighted by Crippen LogP contribution is -2.40. The summed E-state index contributed by atoms with van der Waals surface area (Å²) in [7, 11) is 0. The Labute approximate surface area is 156 Å². The van der Waals surface area contributed by atoms with Gasteiger partial charge in [0.05, 0.1) is 5.25 Å². The number of amides is 1. The average Bonchev–Trinajstić information content (AvgIpc) is 3.25. The van der Waals surface area contributed by atoms with E-state index in [0.29, 0.717) is 11.1 Å². The molecule has 0 unspecified atom stereocenters. The number of hydrogen-bond donors (Lipinski definition) is 0. The highest BCUT2D eigenvalue weighted by molar-refractivity contribution is 8.00. The number of thioether (sulfide) groups is 1. The Morgan fingerprint density at radius 3 is 2.69 bits per heavy atom. The summed E-state index contributed by atoms with van der Waals surface area (Å²) in [4.78, 5) is 14.9. The fraction of sp³-hybridized carbons (Fsp3) is 0.250. The van der Waals surface area contributed by atoms with Crippen molar-refractivity contribution >= 4 is 23.4 Å². The van der Waals surface area contributed by atoms with Gasteiger partial charge in [-0.3, -0.25) is 4.79 Å². The van der Waals surface area contributed by atoms with E-state index < -0.39 is 0 Å². The maximum atomic E-state index is 13.0. The van der Waals surface area contributed by atoms with Gasteiger partial charge in [0.1, 0.15) is 0 Å². The first kappa shape index (κ1) is 16.8. The Hall–Kier alpha value is -2.60. The molecule has 2 aromatic carbocycles. The summed E-state index contributed by atoms with van der Waals surface area (Å²) < 4.78 is 5.72. The fourth-order valence-corrected chi connectivity index (χ4v) is 3.99. The molecule has 0 bridgehead atoms. The molecule has 0 radical (unpaired) electrons. The van der Waals surface area contributed by atoms with Crippen LogP contribution in [0.5, 0.6) is 0 Å². The van der Waals surface area contributed by atoms with Crippen molar-refractivity contribution in [2.45, 2.75) is 36.8 Å². The van der Waals surface area contributed by atoms with Crippen LogP contribution in [0.25, 0.3) is 11.5 Å². The van der Waals surface area contributed by atoms with Gasteiger partial charge < -0.3 is 9.32 Å². The highest BCUT2D eigenvalue weighted by Crippen LogP contribution is 2.35. The largest absolute Gasteiger partial charge is 0.411 e. The lowest BCUT2D eigenvalue weighted by atomic mass is 10.1. The van der Waals surface area contributed by atoms with Crippen molar-refractivity contribution in [3.05, 3.63) is 60.2 Å². The normalized spacial score (nSPS) is 17.2. The first-order valence-corrected chi connectivity index (χ1v) is 9.48. The van der Waals surface area contributed by atoms with Gasteiger partial charge >= 0.3 is 0 Å². The van der Waals surface area contributed by atoms with E-state index in [0.717, 1.165) is 17.7 Å². The number of benzene rings is 2. The molecule has 2 heterocycles. The average molecular weight is 365 g/mol. The summed E-state index contributed by atoms with van der Waals surface area (Å²) in [6.45, 7) is 3.96. The lowest BCUT2D eigenvalue weighted by Gasteiger charge is -2.25. The Kier molecular flexibility index (Phi) is 4.51. The third kappa shape index (κ3) is 3.12. The number of fused-ring (bicyclic) bond motifs is 1. The number of aromatic nitrogens is 2. The standard InChI is InChI=1S/C20H19N3O2S/c1-13-12-16-10-6-7-11-17(16)23(13)19(24)14(2)26-20-22-21-18(25-20)15-8-4-3-5-9-15/h3-11,13-14H,12H2,1-2H3/t13-,14+/m0/s1. The molecule has 0 fully saturated rings. The van der Waals surface area contributed by atoms with E-state index in [4.69, 9.17) is 4.42 Å². The minimum absolute atomic E-state index is 0.0620. The highest BCUT2D eigenvalue weighted by Gasteiger charge is 2.34. The van der Waals surface area contributed by atoms with E-state index >= 15 is 0 Å². The predicted octanol–water partition coefficient (Wildman–Crippen LogP) is 4.20. The van der Waals surface area contributed by atoms with E-state index in [1.165, 1.54) is 17.3 Å². The Morgan fingerprint density at radius 1 is 1.15 bits per heavy atom. The van der Waals surface area contributed by atoms with Crippen molar-refractivity contribution < 1.29 is 9.21 Å². The third-order valence-corrected chi connectivity index (χ3v) is 5.42. The summed E-state index contributed by atoms with van der Waals surface area (Å²) >= 11 is 1.30. The van der Waals surface area contributed by atoms with E-state index in [1.807, 2.05) is 60.4 Å². The molecule has 3 aromatic rings. The molecule has 1 aliphatic rings. The molecule has 4 rings (SSSR count). The van der Waals surface area contributed by atoms with Crippen LogP contribution in [0.3, 0.4) is 0 Å². The first-order valence-electron chi connectivity index (χ1n) is 8.60. The lowest BCUT2D eigenvalue weighted by molar-refractivity contribution is -0.118. The molecule has 0 saturated heterocycles. The number of anilines is 1. The van der Waals surface area contributed by atoms with Crippen LogP contribution >= 0.6 is 11.8 Å². The summed E-state index contributed by atoms with van der Waals surface area (Å²) in [6, 6.07) is 17.8. The van der Waals surface area contributed by atoms with Gasteiger partial charge in [0, 0.05) is 17.3 Å². The summed E-state index contributed by atoms with van der Waals surface area (Å²) in [5.74, 6) is 0.527. The van der Waals surface area contributed by atoms with Crippen LogP contribution in [0.4, 0.5) is 5.69 Å². The second kappa shape index (κ2) is 6.96. The molecule has 26 heavy (non-hydrogen) atoms. The topological polar surface area (TPSA) is 59.2 Å². The molecule has 132 valence electrons. The van der Waals surface area contributed by atoms with Gasteiger partial charge in [-0.2, -0.15) is 0 Å². The van der Waals surface area contributed by atoms with Crippen molar-refractivity contribution in [1.29, 1.82) is 0 Å². The van der Waals surface area contributed by atoms with Gasteiger partial charge in [-0.15, -0.1) is 10.2 Å². The summed E-state index contributed by atoms with van der Waals surface area (Å²) in [5, 5.41) is 8.26. The maximum Gasteiger partial charge on any atom is 0.277 e. The van der Waals surface area contributed by atoms with Crippen molar-refractivity contribution in [3.63, 3.8) is 0 Å². The molecule has 1 amide bonds. The van der Waals surface area contributed by atoms with Gasteiger partial charge in [-0.05, 0) is 44.0 Å². The molecule has 0 spiro atoms. The molecular weight excluding hydrogens is 346 g/mol. The van der Waals surface area contributed by atoms with Crippen molar-refractivity contribution in [2.75, 3.05) is 4.90 Å². The number of rotatable bonds is 4. The molecule has 1 aromatic heterocycles. The van der Waals surface area contributed by atoms with E-state index in [-0.39, 0.29) is 17.2 Å². The van der Waals surface area contributed by atoms with Gasteiger partial charge in [0.15, 0.2) is 0 Å². The smallest absolute Gasteiger partial charge is 0.277 e. The predicted molar refractivity (Wildman–Crippen MR) is 102 cm³/mol. The molecular formula is C20H19N3O2S. The van der Waals surface area contributed by atoms with Crippen molar-refractivity contribution in [1.82, 2.24) is 10.2 Å². The zero-order valence-corrected chi connectivity index (χ0v) is 15.4. The zero-order chi connectivity index (χ0) is 18.1. The van der Waals surface area contributed by atoms with Crippen LogP contribution in [-0.4, -0.2) is 27.4 Å². The zero-order valence-electron chi connectivity index (χ0n) is 14.6. The number of para-hydroxylation sites is 1. The minimum Gasteiger partial charge on any atom is -0.411 e. The number of nitrogens with zero attached hydrogens (tertiary/aromatic N) is 3. The van der Waals surface area contributed by atoms with Crippen LogP contribution in [0, 0.1) is 0 Å². The quantitative estimate of drug-likeness (QED) is 0.649. The van der Waals surface area contributed by atoms with Gasteiger partial charge in [0.25, 0.3) is 5.22 Å². The molecule has 1 aliphatic heterocycles. The minimum atomic E-state index is -0.312. The second-order valence-corrected chi connectivity index (χ2v) is 7.68. The first-order chi connectivity index (χ1) is 12.6. The van der Waals surface area contributed by atoms with E-state index in [1.54, 1.807) is 0 Å². The Balaban J connectivity index is 1.50. The monoisotopic (exact) mass is 365 g/mol. The SMILES string of the molecule is C[C@@H](Sc1nnc(-c2ccccc2)o1)C(=O)N1c2ccccc2C[C@@H]1C. The van der Waals surface area contributed by atoms with Crippen LogP contribution in [0.15, 0.2) is 64.2 Å². The van der Waals surface area contributed by atoms with E-state index in [2.05, 4.69) is 23.2 Å². The molecule has 0 N–H and O–H groups in total. The molecule has 0 aliphatic carbocycles. The van der Waals surface area contributed by atoms with Gasteiger partial charge in [0.2, 0.25) is 11.8 Å². The van der Waals surface area contributed by atoms with Crippen molar-refractivity contribution in [3.8, 4) is 11.5 Å². The summed E-state index contributed by atoms with van der Waals surface area (Å²) in [5.41, 5.74) is 3.09.